The van der Waals surface area contributed by atoms with Gasteiger partial charge >= 0.3 is 0 Å². The number of rotatable bonds is 4. The minimum atomic E-state index is -1.23. The highest BCUT2D eigenvalue weighted by Gasteiger charge is 2.47. The molecule has 3 aliphatic heterocycles. The highest BCUT2D eigenvalue weighted by atomic mass is 19.1. The predicted molar refractivity (Wildman–Crippen MR) is 126 cm³/mol. The number of aliphatic hydroxyl groups excluding tert-OH is 4. The van der Waals surface area contributed by atoms with E-state index in [1.165, 1.54) is 23.1 Å². The number of amides is 1. The lowest BCUT2D eigenvalue weighted by atomic mass is 9.93. The number of hydrogen-bond acceptors (Lipinski definition) is 8. The Bertz CT molecular complexity index is 1230. The smallest absolute Gasteiger partial charge is 0.260 e. The van der Waals surface area contributed by atoms with Crippen LogP contribution in [0.2, 0.25) is 0 Å². The van der Waals surface area contributed by atoms with Crippen LogP contribution in [0.4, 0.5) is 15.9 Å². The molecule has 1 aromatic heterocycles. The maximum atomic E-state index is 13.9. The first kappa shape index (κ1) is 23.4. The Morgan fingerprint density at radius 1 is 1.11 bits per heavy atom. The number of nitrogens with zero attached hydrogens (tertiary/aromatic N) is 2. The molecular formula is C25H26FN3O6. The van der Waals surface area contributed by atoms with Gasteiger partial charge in [-0.15, -0.1) is 0 Å². The minimum absolute atomic E-state index is 0.253. The van der Waals surface area contributed by atoms with E-state index < -0.39 is 48.9 Å². The summed E-state index contributed by atoms with van der Waals surface area (Å²) >= 11 is 0. The zero-order valence-corrected chi connectivity index (χ0v) is 19.1. The average Bonchev–Trinajstić information content (AvgIpc) is 3.41. The number of pyridine rings is 1. The van der Waals surface area contributed by atoms with E-state index >= 15 is 0 Å². The summed E-state index contributed by atoms with van der Waals surface area (Å²) in [6, 6.07) is 5.89. The number of benzene rings is 1. The Kier molecular flexibility index (Phi) is 5.64. The number of nitrogens with one attached hydrogen (secondary N) is 1. The van der Waals surface area contributed by atoms with E-state index in [0.29, 0.717) is 28.4 Å². The summed E-state index contributed by atoms with van der Waals surface area (Å²) in [5.41, 5.74) is 1.83. The molecule has 3 aliphatic rings. The zero-order chi connectivity index (χ0) is 25.1. The van der Waals surface area contributed by atoms with Crippen molar-refractivity contribution < 1.29 is 34.3 Å². The molecule has 0 bridgehead atoms. The number of carbonyl (C=O) groups excluding carboxylic acids is 1. The molecule has 0 saturated carbocycles. The van der Waals surface area contributed by atoms with Gasteiger partial charge in [0.25, 0.3) is 5.91 Å². The fourth-order valence-electron chi connectivity index (χ4n) is 5.06. The Morgan fingerprint density at radius 3 is 2.40 bits per heavy atom. The topological polar surface area (TPSA) is 135 Å². The third kappa shape index (κ3) is 3.69. The van der Waals surface area contributed by atoms with Crippen molar-refractivity contribution >= 4 is 28.6 Å². The molecule has 4 heterocycles. The van der Waals surface area contributed by atoms with Gasteiger partial charge in [-0.2, -0.15) is 0 Å². The second-order valence-electron chi connectivity index (χ2n) is 9.35. The van der Waals surface area contributed by atoms with Crippen molar-refractivity contribution in [3.63, 3.8) is 0 Å². The van der Waals surface area contributed by atoms with Crippen molar-refractivity contribution in [1.82, 2.24) is 4.98 Å². The first-order valence-electron chi connectivity index (χ1n) is 11.3. The lowest BCUT2D eigenvalue weighted by Gasteiger charge is -2.30. The van der Waals surface area contributed by atoms with Gasteiger partial charge in [0.2, 0.25) is 0 Å². The fraction of sp³-hybridized carbons (Fsp3) is 0.360. The number of fused-ring (bicyclic) bond motifs is 1. The van der Waals surface area contributed by atoms with Crippen LogP contribution in [-0.2, 0) is 9.53 Å². The molecule has 0 unspecified atom stereocenters. The zero-order valence-electron chi connectivity index (χ0n) is 19.1. The number of aromatic nitrogens is 1. The number of carbonyl (C=O) groups is 1. The van der Waals surface area contributed by atoms with Gasteiger partial charge in [-0.05, 0) is 50.3 Å². The van der Waals surface area contributed by atoms with E-state index in [0.717, 1.165) is 5.57 Å². The minimum Gasteiger partial charge on any atom is -0.482 e. The highest BCUT2D eigenvalue weighted by molar-refractivity contribution is 6.32. The Balaban J connectivity index is 1.51. The molecule has 10 heteroatoms. The maximum Gasteiger partial charge on any atom is 0.260 e. The molecule has 0 aliphatic carbocycles. The second kappa shape index (κ2) is 8.42. The van der Waals surface area contributed by atoms with E-state index in [4.69, 9.17) is 4.74 Å². The van der Waals surface area contributed by atoms with Crippen LogP contribution in [0, 0.1) is 5.82 Å². The van der Waals surface area contributed by atoms with Gasteiger partial charge in [0.05, 0.1) is 30.9 Å². The van der Waals surface area contributed by atoms with Crippen molar-refractivity contribution in [3.05, 3.63) is 65.3 Å². The molecule has 1 aromatic carbocycles. The third-order valence-corrected chi connectivity index (χ3v) is 6.81. The van der Waals surface area contributed by atoms with Gasteiger partial charge in [0.1, 0.15) is 35.2 Å². The third-order valence-electron chi connectivity index (χ3n) is 6.81. The highest BCUT2D eigenvalue weighted by Crippen LogP contribution is 2.44. The maximum absolute atomic E-state index is 13.9. The fourth-order valence-corrected chi connectivity index (χ4v) is 5.06. The van der Waals surface area contributed by atoms with Gasteiger partial charge in [0.15, 0.2) is 0 Å². The van der Waals surface area contributed by atoms with Gasteiger partial charge in [0, 0.05) is 28.6 Å². The van der Waals surface area contributed by atoms with Gasteiger partial charge in [-0.1, -0.05) is 0 Å². The Hall–Kier alpha value is -3.31. The molecule has 1 saturated heterocycles. The van der Waals surface area contributed by atoms with E-state index in [2.05, 4.69) is 10.3 Å². The Labute approximate surface area is 200 Å². The van der Waals surface area contributed by atoms with Crippen LogP contribution in [0.25, 0.3) is 11.1 Å². The standard InChI is InChI=1S/C25H26FN3O6/c1-25(2)15(8-19(35-25)21-14-7-13(26)4-5-16(14)28-24(21)34)12-3-6-20(27-9-12)29-17(10-30)22(32)23(33)18(29)11-31/h3-9,17-18,22-23,30-33H,10-11H2,1-2H3,(H,28,34)/t17-,18+,22-,23-/m1/s1. The number of halogens is 1. The van der Waals surface area contributed by atoms with Crippen molar-refractivity contribution in [2.24, 2.45) is 0 Å². The second-order valence-corrected chi connectivity index (χ2v) is 9.35. The van der Waals surface area contributed by atoms with Crippen LogP contribution in [0.15, 0.2) is 48.4 Å². The van der Waals surface area contributed by atoms with Crippen molar-refractivity contribution in [1.29, 1.82) is 0 Å². The number of hydrogen-bond donors (Lipinski definition) is 5. The number of aliphatic hydroxyl groups is 4. The first-order valence-corrected chi connectivity index (χ1v) is 11.3. The van der Waals surface area contributed by atoms with E-state index in [1.807, 2.05) is 13.8 Å². The molecule has 35 heavy (non-hydrogen) atoms. The molecule has 0 spiro atoms. The van der Waals surface area contributed by atoms with Crippen LogP contribution in [0.5, 0.6) is 0 Å². The van der Waals surface area contributed by atoms with Gasteiger partial charge in [-0.3, -0.25) is 4.79 Å². The molecule has 5 rings (SSSR count). The monoisotopic (exact) mass is 483 g/mol. The summed E-state index contributed by atoms with van der Waals surface area (Å²) in [6.07, 6.45) is 0.857. The molecular weight excluding hydrogens is 457 g/mol. The number of anilines is 2. The molecule has 4 atom stereocenters. The summed E-state index contributed by atoms with van der Waals surface area (Å²) in [4.78, 5) is 18.6. The van der Waals surface area contributed by atoms with Crippen LogP contribution < -0.4 is 10.2 Å². The number of ether oxygens (including phenoxy) is 1. The molecule has 5 N–H and O–H groups in total. The van der Waals surface area contributed by atoms with Crippen LogP contribution >= 0.6 is 0 Å². The van der Waals surface area contributed by atoms with Gasteiger partial charge in [-0.25, -0.2) is 9.37 Å². The van der Waals surface area contributed by atoms with Crippen molar-refractivity contribution in [2.45, 2.75) is 43.7 Å². The molecule has 2 aromatic rings. The summed E-state index contributed by atoms with van der Waals surface area (Å²) in [5, 5.41) is 42.7. The molecule has 9 nitrogen and oxygen atoms in total. The van der Waals surface area contributed by atoms with Crippen LogP contribution in [0.1, 0.15) is 25.0 Å². The summed E-state index contributed by atoms with van der Waals surface area (Å²) in [6.45, 7) is 2.84. The van der Waals surface area contributed by atoms with E-state index in [1.54, 1.807) is 24.4 Å². The van der Waals surface area contributed by atoms with Crippen molar-refractivity contribution in [3.8, 4) is 0 Å². The molecule has 0 radical (unpaired) electrons. The van der Waals surface area contributed by atoms with Crippen LogP contribution in [0.3, 0.4) is 0 Å². The lowest BCUT2D eigenvalue weighted by Crippen LogP contribution is -2.43. The normalized spacial score (nSPS) is 29.2. The SMILES string of the molecule is CC1(C)OC(=C2C(=O)Nc3ccc(F)cc32)C=C1c1ccc(N2[C@H](CO)[C@@H](O)[C@H](O)[C@@H]2CO)nc1. The van der Waals surface area contributed by atoms with E-state index in [9.17, 15) is 29.6 Å². The largest absolute Gasteiger partial charge is 0.482 e. The summed E-state index contributed by atoms with van der Waals surface area (Å²) in [7, 11) is 0. The number of allylic oxidation sites excluding steroid dienone is 1. The van der Waals surface area contributed by atoms with Gasteiger partial charge < -0.3 is 35.4 Å². The predicted octanol–water partition coefficient (Wildman–Crippen LogP) is 1.04. The summed E-state index contributed by atoms with van der Waals surface area (Å²) in [5.74, 6) is -0.141. The molecule has 1 amide bonds. The van der Waals surface area contributed by atoms with E-state index in [-0.39, 0.29) is 11.5 Å². The Morgan fingerprint density at radius 2 is 1.80 bits per heavy atom. The quantitative estimate of drug-likeness (QED) is 0.407. The van der Waals surface area contributed by atoms with Crippen molar-refractivity contribution in [2.75, 3.05) is 23.4 Å². The molecule has 1 fully saturated rings. The average molecular weight is 483 g/mol. The first-order chi connectivity index (χ1) is 16.7. The molecule has 184 valence electrons. The summed E-state index contributed by atoms with van der Waals surface area (Å²) < 4.78 is 20.0. The lowest BCUT2D eigenvalue weighted by molar-refractivity contribution is -0.111. The van der Waals surface area contributed by atoms with Crippen LogP contribution in [-0.4, -0.2) is 74.4 Å².